The van der Waals surface area contributed by atoms with E-state index in [0.717, 1.165) is 30.2 Å². The van der Waals surface area contributed by atoms with Crippen molar-refractivity contribution >= 4 is 28.3 Å². The number of nitrogens with one attached hydrogen (secondary N) is 1. The third-order valence-corrected chi connectivity index (χ3v) is 6.98. The van der Waals surface area contributed by atoms with E-state index in [0.29, 0.717) is 29.8 Å². The Morgan fingerprint density at radius 2 is 1.92 bits per heavy atom. The van der Waals surface area contributed by atoms with Crippen molar-refractivity contribution in [1.29, 1.82) is 0 Å². The van der Waals surface area contributed by atoms with Gasteiger partial charge in [-0.1, -0.05) is 0 Å². The topological polar surface area (TPSA) is 82.9 Å². The predicted octanol–water partition coefficient (Wildman–Crippen LogP) is 1.48. The van der Waals surface area contributed by atoms with Gasteiger partial charge >= 0.3 is 0 Å². The van der Waals surface area contributed by atoms with Crippen molar-refractivity contribution in [2.75, 3.05) is 40.3 Å². The smallest absolute Gasteiger partial charge is 0.275 e. The van der Waals surface area contributed by atoms with E-state index in [1.165, 1.54) is 26.6 Å². The highest BCUT2D eigenvalue weighted by atomic mass is 35.5. The number of aryl methyl sites for hydroxylation is 1. The molecule has 2 aliphatic rings. The zero-order valence-corrected chi connectivity index (χ0v) is 16.5. The van der Waals surface area contributed by atoms with Crippen LogP contribution < -0.4 is 5.32 Å². The Labute approximate surface area is 155 Å². The van der Waals surface area contributed by atoms with Crippen molar-refractivity contribution in [1.82, 2.24) is 14.5 Å². The molecular formula is C16H26ClN3O4S. The quantitative estimate of drug-likeness (QED) is 0.843. The van der Waals surface area contributed by atoms with Crippen molar-refractivity contribution in [3.63, 3.8) is 0 Å². The number of hydrogen-bond donors (Lipinski definition) is 1. The first kappa shape index (κ1) is 20.2. The van der Waals surface area contributed by atoms with Gasteiger partial charge in [-0.2, -0.15) is 0 Å². The van der Waals surface area contributed by atoms with E-state index in [2.05, 4.69) is 5.32 Å². The second kappa shape index (κ2) is 7.26. The number of furan rings is 1. The molecule has 9 heteroatoms. The fourth-order valence-electron chi connectivity index (χ4n) is 3.55. The number of halogens is 1. The van der Waals surface area contributed by atoms with Crippen molar-refractivity contribution in [2.24, 2.45) is 5.41 Å². The molecule has 1 aromatic rings. The monoisotopic (exact) mass is 391 g/mol. The average Bonchev–Trinajstić information content (AvgIpc) is 3.15. The Morgan fingerprint density at radius 1 is 1.28 bits per heavy atom. The van der Waals surface area contributed by atoms with Gasteiger partial charge in [0.05, 0.1) is 5.56 Å². The van der Waals surface area contributed by atoms with E-state index in [1.807, 2.05) is 4.90 Å². The molecule has 2 fully saturated rings. The Kier molecular flexibility index (Phi) is 5.88. The second-order valence-electron chi connectivity index (χ2n) is 7.04. The van der Waals surface area contributed by atoms with Crippen molar-refractivity contribution in [3.8, 4) is 0 Å². The molecule has 1 N–H and O–H groups in total. The molecule has 0 radical (unpaired) electrons. The molecule has 0 unspecified atom stereocenters. The molecule has 3 rings (SSSR count). The van der Waals surface area contributed by atoms with Gasteiger partial charge in [0.25, 0.3) is 15.9 Å². The Hall–Kier alpha value is -1.09. The van der Waals surface area contributed by atoms with Crippen LogP contribution in [0.4, 0.5) is 0 Å². The highest BCUT2D eigenvalue weighted by Crippen LogP contribution is 2.37. The predicted molar refractivity (Wildman–Crippen MR) is 96.6 cm³/mol. The summed E-state index contributed by atoms with van der Waals surface area (Å²) in [6.45, 7) is 5.14. The van der Waals surface area contributed by atoms with Crippen LogP contribution in [0.2, 0.25) is 0 Å². The minimum Gasteiger partial charge on any atom is -0.448 e. The molecule has 1 spiro atoms. The molecule has 1 amide bonds. The number of rotatable bonds is 3. The molecule has 0 bridgehead atoms. The van der Waals surface area contributed by atoms with Crippen LogP contribution in [-0.2, 0) is 10.0 Å². The first-order valence-corrected chi connectivity index (χ1v) is 9.72. The number of amides is 1. The zero-order valence-electron chi connectivity index (χ0n) is 14.9. The van der Waals surface area contributed by atoms with Crippen LogP contribution in [0.3, 0.4) is 0 Å². The Balaban J connectivity index is 0.00000225. The number of likely N-dealkylation sites (tertiary alicyclic amines) is 1. The van der Waals surface area contributed by atoms with Crippen molar-refractivity contribution in [2.45, 2.75) is 31.3 Å². The van der Waals surface area contributed by atoms with Crippen LogP contribution in [0.15, 0.2) is 15.6 Å². The molecule has 0 atom stereocenters. The molecule has 0 saturated carbocycles. The van der Waals surface area contributed by atoms with Crippen LogP contribution >= 0.6 is 12.4 Å². The van der Waals surface area contributed by atoms with Gasteiger partial charge in [-0.15, -0.1) is 12.4 Å². The van der Waals surface area contributed by atoms with Gasteiger partial charge in [0.15, 0.2) is 0 Å². The van der Waals surface area contributed by atoms with Crippen molar-refractivity contribution < 1.29 is 17.6 Å². The number of carbonyl (C=O) groups is 1. The lowest BCUT2D eigenvalue weighted by molar-refractivity contribution is 0.0606. The minimum atomic E-state index is -3.67. The van der Waals surface area contributed by atoms with E-state index < -0.39 is 10.0 Å². The first-order valence-electron chi connectivity index (χ1n) is 8.28. The van der Waals surface area contributed by atoms with E-state index in [-0.39, 0.29) is 23.4 Å². The second-order valence-corrected chi connectivity index (χ2v) is 9.12. The number of piperidine rings is 1. The van der Waals surface area contributed by atoms with Gasteiger partial charge in [0, 0.05) is 39.8 Å². The lowest BCUT2D eigenvalue weighted by Crippen LogP contribution is -2.44. The van der Waals surface area contributed by atoms with Gasteiger partial charge in [-0.05, 0) is 38.1 Å². The lowest BCUT2D eigenvalue weighted by atomic mass is 9.78. The van der Waals surface area contributed by atoms with Gasteiger partial charge in [0.2, 0.25) is 5.09 Å². The van der Waals surface area contributed by atoms with Crippen molar-refractivity contribution in [3.05, 3.63) is 17.4 Å². The Morgan fingerprint density at radius 3 is 2.44 bits per heavy atom. The average molecular weight is 392 g/mol. The molecule has 1 aromatic heterocycles. The summed E-state index contributed by atoms with van der Waals surface area (Å²) in [5.41, 5.74) is 0.678. The Bertz CT molecular complexity index is 729. The molecule has 142 valence electrons. The molecule has 7 nitrogen and oxygen atoms in total. The largest absolute Gasteiger partial charge is 0.448 e. The minimum absolute atomic E-state index is 0. The fraction of sp³-hybridized carbons (Fsp3) is 0.688. The third-order valence-electron chi connectivity index (χ3n) is 5.30. The molecule has 0 aliphatic carbocycles. The summed E-state index contributed by atoms with van der Waals surface area (Å²) in [6, 6.07) is 1.36. The van der Waals surface area contributed by atoms with Crippen LogP contribution in [-0.4, -0.2) is 63.8 Å². The summed E-state index contributed by atoms with van der Waals surface area (Å²) in [7, 11) is -0.796. The molecule has 0 aromatic carbocycles. The first-order chi connectivity index (χ1) is 11.3. The van der Waals surface area contributed by atoms with Crippen LogP contribution in [0.5, 0.6) is 0 Å². The van der Waals surface area contributed by atoms with Crippen LogP contribution in [0, 0.1) is 12.3 Å². The van der Waals surface area contributed by atoms with E-state index in [4.69, 9.17) is 4.42 Å². The summed E-state index contributed by atoms with van der Waals surface area (Å²) >= 11 is 0. The summed E-state index contributed by atoms with van der Waals surface area (Å²) < 4.78 is 30.8. The molecule has 3 heterocycles. The molecule has 25 heavy (non-hydrogen) atoms. The number of nitrogens with zero attached hydrogens (tertiary/aromatic N) is 2. The van der Waals surface area contributed by atoms with Gasteiger partial charge in [0.1, 0.15) is 5.76 Å². The molecular weight excluding hydrogens is 366 g/mol. The lowest BCUT2D eigenvalue weighted by Gasteiger charge is -2.38. The van der Waals surface area contributed by atoms with E-state index in [9.17, 15) is 13.2 Å². The van der Waals surface area contributed by atoms with E-state index in [1.54, 1.807) is 6.92 Å². The third kappa shape index (κ3) is 3.72. The zero-order chi connectivity index (χ0) is 17.5. The van der Waals surface area contributed by atoms with Crippen LogP contribution in [0.25, 0.3) is 0 Å². The van der Waals surface area contributed by atoms with Gasteiger partial charge < -0.3 is 14.6 Å². The van der Waals surface area contributed by atoms with Crippen LogP contribution in [0.1, 0.15) is 35.4 Å². The normalized spacial score (nSPS) is 20.1. The van der Waals surface area contributed by atoms with E-state index >= 15 is 0 Å². The highest BCUT2D eigenvalue weighted by molar-refractivity contribution is 7.88. The SMILES string of the molecule is Cc1oc(S(=O)(=O)N(C)C)cc1C(=O)N1CCC2(CCNC2)CC1.Cl. The maximum absolute atomic E-state index is 12.8. The summed E-state index contributed by atoms with van der Waals surface area (Å²) in [5, 5.41) is 3.23. The maximum Gasteiger partial charge on any atom is 0.275 e. The fourth-order valence-corrected chi connectivity index (χ4v) is 4.41. The summed E-state index contributed by atoms with van der Waals surface area (Å²) in [4.78, 5) is 14.6. The number of carbonyl (C=O) groups excluding carboxylic acids is 1. The van der Waals surface area contributed by atoms with Gasteiger partial charge in [-0.25, -0.2) is 12.7 Å². The summed E-state index contributed by atoms with van der Waals surface area (Å²) in [6.07, 6.45) is 3.15. The molecule has 2 aliphatic heterocycles. The number of sulfonamides is 1. The highest BCUT2D eigenvalue weighted by Gasteiger charge is 2.39. The standard InChI is InChI=1S/C16H25N3O4S.ClH/c1-12-13(10-14(23-12)24(21,22)18(2)3)15(20)19-8-5-16(6-9-19)4-7-17-11-16;/h10,17H,4-9,11H2,1-3H3;1H. The number of hydrogen-bond acceptors (Lipinski definition) is 5. The molecule has 2 saturated heterocycles. The van der Waals surface area contributed by atoms with Gasteiger partial charge in [-0.3, -0.25) is 4.79 Å². The summed E-state index contributed by atoms with van der Waals surface area (Å²) in [5.74, 6) is 0.209. The maximum atomic E-state index is 12.8.